The predicted octanol–water partition coefficient (Wildman–Crippen LogP) is 5.10. The molecule has 1 aromatic heterocycles. The Kier molecular flexibility index (Phi) is 7.82. The van der Waals surface area contributed by atoms with Crippen LogP contribution in [0.5, 0.6) is 0 Å². The van der Waals surface area contributed by atoms with Gasteiger partial charge in [0, 0.05) is 0 Å². The number of nitrogens with one attached hydrogen (secondary N) is 1. The van der Waals surface area contributed by atoms with Crippen molar-refractivity contribution in [3.63, 3.8) is 0 Å². The molecule has 0 radical (unpaired) electrons. The van der Waals surface area contributed by atoms with Crippen LogP contribution in [0.1, 0.15) is 12.5 Å². The number of sulfonamides is 1. The van der Waals surface area contributed by atoms with Gasteiger partial charge in [0.05, 0.1) is 20.6 Å². The summed E-state index contributed by atoms with van der Waals surface area (Å²) < 4.78 is 28.4. The fourth-order valence-electron chi connectivity index (χ4n) is 2.55. The summed E-state index contributed by atoms with van der Waals surface area (Å²) in [7, 11) is -4.11. The molecule has 1 heterocycles. The number of aryl methyl sites for hydroxylation is 1. The van der Waals surface area contributed by atoms with Crippen LogP contribution in [-0.4, -0.2) is 36.8 Å². The molecule has 31 heavy (non-hydrogen) atoms. The molecule has 0 aliphatic carbocycles. The van der Waals surface area contributed by atoms with Crippen molar-refractivity contribution >= 4 is 73.0 Å². The van der Waals surface area contributed by atoms with Gasteiger partial charge in [-0.1, -0.05) is 77.0 Å². The van der Waals surface area contributed by atoms with Gasteiger partial charge < -0.3 is 0 Å². The fraction of sp³-hybridized carbons (Fsp3) is 0.211. The van der Waals surface area contributed by atoms with Crippen molar-refractivity contribution in [2.24, 2.45) is 0 Å². The molecule has 0 atom stereocenters. The average molecular weight is 517 g/mol. The van der Waals surface area contributed by atoms with E-state index in [9.17, 15) is 13.2 Å². The van der Waals surface area contributed by atoms with E-state index < -0.39 is 22.5 Å². The maximum absolute atomic E-state index is 13.4. The second-order valence-electron chi connectivity index (χ2n) is 6.25. The third kappa shape index (κ3) is 5.69. The number of hydrogen-bond acceptors (Lipinski definition) is 7. The zero-order valence-electron chi connectivity index (χ0n) is 16.5. The molecule has 0 spiro atoms. The van der Waals surface area contributed by atoms with Gasteiger partial charge in [-0.05, 0) is 36.9 Å². The lowest BCUT2D eigenvalue weighted by Gasteiger charge is -2.25. The quantitative estimate of drug-likeness (QED) is 0.330. The first kappa shape index (κ1) is 23.8. The van der Waals surface area contributed by atoms with E-state index >= 15 is 0 Å². The minimum absolute atomic E-state index is 0.0273. The standard InChI is InChI=1S/C19H18Cl2N4O3S3/c1-3-29-19-24-23-18(30-19)22-16(26)11-25(15-6-4-5-14(20)17(15)21)31(27,28)13-9-7-12(2)8-10-13/h4-10H,3,11H2,1-2H3,(H,22,23,26). The van der Waals surface area contributed by atoms with Crippen LogP contribution in [0.3, 0.4) is 0 Å². The highest BCUT2D eigenvalue weighted by Gasteiger charge is 2.29. The number of nitrogens with zero attached hydrogens (tertiary/aromatic N) is 3. The zero-order valence-corrected chi connectivity index (χ0v) is 20.5. The third-order valence-electron chi connectivity index (χ3n) is 4.02. The topological polar surface area (TPSA) is 92.3 Å². The minimum Gasteiger partial charge on any atom is -0.299 e. The van der Waals surface area contributed by atoms with Crippen molar-refractivity contribution in [2.75, 3.05) is 21.9 Å². The number of hydrogen-bond donors (Lipinski definition) is 1. The van der Waals surface area contributed by atoms with Crippen LogP contribution < -0.4 is 9.62 Å². The lowest BCUT2D eigenvalue weighted by Crippen LogP contribution is -2.38. The van der Waals surface area contributed by atoms with Crippen LogP contribution in [0.4, 0.5) is 10.8 Å². The highest BCUT2D eigenvalue weighted by molar-refractivity contribution is 8.01. The van der Waals surface area contributed by atoms with Gasteiger partial charge in [0.15, 0.2) is 4.34 Å². The summed E-state index contributed by atoms with van der Waals surface area (Å²) >= 11 is 15.1. The summed E-state index contributed by atoms with van der Waals surface area (Å²) in [6.45, 7) is 3.31. The summed E-state index contributed by atoms with van der Waals surface area (Å²) in [6, 6.07) is 10.9. The second-order valence-corrected chi connectivity index (χ2v) is 11.4. The summed E-state index contributed by atoms with van der Waals surface area (Å²) in [5.74, 6) is 0.231. The molecule has 164 valence electrons. The molecular weight excluding hydrogens is 499 g/mol. The van der Waals surface area contributed by atoms with E-state index in [0.717, 1.165) is 15.6 Å². The van der Waals surface area contributed by atoms with Gasteiger partial charge in [0.1, 0.15) is 6.54 Å². The van der Waals surface area contributed by atoms with Crippen molar-refractivity contribution in [1.29, 1.82) is 0 Å². The molecule has 7 nitrogen and oxygen atoms in total. The van der Waals surface area contributed by atoms with E-state index in [1.54, 1.807) is 18.2 Å². The summed E-state index contributed by atoms with van der Waals surface area (Å²) in [6.07, 6.45) is 0. The van der Waals surface area contributed by atoms with Crippen LogP contribution in [0.15, 0.2) is 51.7 Å². The highest BCUT2D eigenvalue weighted by Crippen LogP contribution is 2.35. The zero-order chi connectivity index (χ0) is 22.6. The number of carbonyl (C=O) groups is 1. The van der Waals surface area contributed by atoms with Gasteiger partial charge in [-0.25, -0.2) is 8.42 Å². The van der Waals surface area contributed by atoms with Gasteiger partial charge in [-0.15, -0.1) is 10.2 Å². The maximum atomic E-state index is 13.4. The number of amides is 1. The molecule has 0 saturated heterocycles. The minimum atomic E-state index is -4.11. The van der Waals surface area contributed by atoms with Crippen LogP contribution in [0.25, 0.3) is 0 Å². The molecule has 0 bridgehead atoms. The molecule has 2 aromatic carbocycles. The van der Waals surface area contributed by atoms with Crippen LogP contribution in [0.2, 0.25) is 10.0 Å². The van der Waals surface area contributed by atoms with E-state index in [4.69, 9.17) is 23.2 Å². The smallest absolute Gasteiger partial charge is 0.264 e. The van der Waals surface area contributed by atoms with Crippen molar-refractivity contribution in [3.05, 3.63) is 58.1 Å². The van der Waals surface area contributed by atoms with Gasteiger partial charge in [-0.3, -0.25) is 14.4 Å². The molecule has 12 heteroatoms. The van der Waals surface area contributed by atoms with Crippen LogP contribution in [-0.2, 0) is 14.8 Å². The largest absolute Gasteiger partial charge is 0.299 e. The summed E-state index contributed by atoms with van der Waals surface area (Å²) in [4.78, 5) is 12.8. The SMILES string of the molecule is CCSc1nnc(NC(=O)CN(c2cccc(Cl)c2Cl)S(=O)(=O)c2ccc(C)cc2)s1. The Labute approximate surface area is 198 Å². The molecule has 3 rings (SSSR count). The first-order chi connectivity index (χ1) is 14.7. The van der Waals surface area contributed by atoms with Crippen LogP contribution in [0, 0.1) is 6.92 Å². The van der Waals surface area contributed by atoms with E-state index in [2.05, 4.69) is 15.5 Å². The fourth-order valence-corrected chi connectivity index (χ4v) is 6.10. The van der Waals surface area contributed by atoms with E-state index in [-0.39, 0.29) is 25.8 Å². The lowest BCUT2D eigenvalue weighted by atomic mass is 10.2. The van der Waals surface area contributed by atoms with Gasteiger partial charge in [-0.2, -0.15) is 0 Å². The monoisotopic (exact) mass is 516 g/mol. The Morgan fingerprint density at radius 1 is 1.16 bits per heavy atom. The first-order valence-electron chi connectivity index (χ1n) is 9.02. The maximum Gasteiger partial charge on any atom is 0.264 e. The average Bonchev–Trinajstić information content (AvgIpc) is 3.16. The van der Waals surface area contributed by atoms with Crippen LogP contribution >= 0.6 is 46.3 Å². The number of thioether (sulfide) groups is 1. The highest BCUT2D eigenvalue weighted by atomic mass is 35.5. The van der Waals surface area contributed by atoms with E-state index in [1.807, 2.05) is 13.8 Å². The normalized spacial score (nSPS) is 11.4. The Hall–Kier alpha value is -1.85. The van der Waals surface area contributed by atoms with Gasteiger partial charge in [0.25, 0.3) is 10.0 Å². The van der Waals surface area contributed by atoms with E-state index in [1.165, 1.54) is 47.4 Å². The number of aromatic nitrogens is 2. The summed E-state index contributed by atoms with van der Waals surface area (Å²) in [5, 5.41) is 11.0. The van der Waals surface area contributed by atoms with Gasteiger partial charge in [0.2, 0.25) is 11.0 Å². The Balaban J connectivity index is 1.94. The number of benzene rings is 2. The molecular formula is C19H18Cl2N4O3S3. The van der Waals surface area contributed by atoms with E-state index in [0.29, 0.717) is 4.34 Å². The Bertz CT molecular complexity index is 1180. The number of halogens is 2. The molecule has 0 aliphatic rings. The van der Waals surface area contributed by atoms with Crippen molar-refractivity contribution in [1.82, 2.24) is 10.2 Å². The Morgan fingerprint density at radius 2 is 1.87 bits per heavy atom. The molecule has 3 aromatic rings. The third-order valence-corrected chi connectivity index (χ3v) is 8.45. The first-order valence-corrected chi connectivity index (χ1v) is 13.0. The van der Waals surface area contributed by atoms with Crippen molar-refractivity contribution < 1.29 is 13.2 Å². The lowest BCUT2D eigenvalue weighted by molar-refractivity contribution is -0.114. The summed E-state index contributed by atoms with van der Waals surface area (Å²) in [5.41, 5.74) is 1.01. The molecule has 1 N–H and O–H groups in total. The molecule has 1 amide bonds. The van der Waals surface area contributed by atoms with Crippen molar-refractivity contribution in [3.8, 4) is 0 Å². The molecule has 0 aliphatic heterocycles. The van der Waals surface area contributed by atoms with Gasteiger partial charge >= 0.3 is 0 Å². The number of anilines is 2. The molecule has 0 unspecified atom stereocenters. The molecule has 0 saturated carbocycles. The Morgan fingerprint density at radius 3 is 2.55 bits per heavy atom. The second kappa shape index (κ2) is 10.2. The molecule has 0 fully saturated rings. The number of rotatable bonds is 8. The van der Waals surface area contributed by atoms with Crippen molar-refractivity contribution in [2.45, 2.75) is 23.1 Å². The number of carbonyl (C=O) groups excluding carboxylic acids is 1. The predicted molar refractivity (Wildman–Crippen MR) is 127 cm³/mol.